The molecule has 184 valence electrons. The highest BCUT2D eigenvalue weighted by atomic mass is 14.7. The van der Waals surface area contributed by atoms with E-state index in [0.29, 0.717) is 22.8 Å². The molecule has 6 heteroatoms. The van der Waals surface area contributed by atoms with Crippen LogP contribution in [0.25, 0.3) is 22.2 Å². The van der Waals surface area contributed by atoms with Gasteiger partial charge in [0.05, 0.1) is 0 Å². The number of allylic oxidation sites excluding steroid dienone is 6. The lowest BCUT2D eigenvalue weighted by Gasteiger charge is -2.08. The molecule has 0 bridgehead atoms. The van der Waals surface area contributed by atoms with Gasteiger partial charge in [-0.05, 0) is 71.2 Å². The summed E-state index contributed by atoms with van der Waals surface area (Å²) in [6, 6.07) is 23.7. The van der Waals surface area contributed by atoms with Gasteiger partial charge in [0, 0.05) is 34.9 Å². The van der Waals surface area contributed by atoms with Crippen molar-refractivity contribution in [2.24, 2.45) is 11.5 Å². The van der Waals surface area contributed by atoms with Crippen molar-refractivity contribution < 1.29 is 0 Å². The molecule has 0 saturated heterocycles. The molecular formula is C32H26N6. The molecule has 6 nitrogen and oxygen atoms in total. The second-order valence-electron chi connectivity index (χ2n) is 8.52. The molecule has 4 rings (SSSR count). The SMILES string of the molecule is N#Cc1cc(/C(N)=C/C=C\Cc2cccc3c(C/C=C\C=C(/N)c4ccnc(C#N)c4)cccc23)ccn1. The van der Waals surface area contributed by atoms with E-state index in [2.05, 4.69) is 58.5 Å². The number of rotatable bonds is 8. The van der Waals surface area contributed by atoms with E-state index in [0.717, 1.165) is 24.0 Å². The van der Waals surface area contributed by atoms with Crippen LogP contribution in [0.3, 0.4) is 0 Å². The van der Waals surface area contributed by atoms with Gasteiger partial charge < -0.3 is 11.5 Å². The number of hydrogen-bond acceptors (Lipinski definition) is 6. The summed E-state index contributed by atoms with van der Waals surface area (Å²) in [6.07, 6.45) is 16.4. The largest absolute Gasteiger partial charge is 0.398 e. The molecule has 4 N–H and O–H groups in total. The molecule has 0 spiro atoms. The summed E-state index contributed by atoms with van der Waals surface area (Å²) in [5, 5.41) is 20.5. The molecule has 0 saturated carbocycles. The van der Waals surface area contributed by atoms with Crippen molar-refractivity contribution in [3.63, 3.8) is 0 Å². The van der Waals surface area contributed by atoms with Gasteiger partial charge in [-0.1, -0.05) is 60.7 Å². The van der Waals surface area contributed by atoms with Crippen LogP contribution < -0.4 is 11.5 Å². The summed E-state index contributed by atoms with van der Waals surface area (Å²) in [5.74, 6) is 0. The minimum absolute atomic E-state index is 0.339. The molecule has 2 heterocycles. The predicted octanol–water partition coefficient (Wildman–Crippen LogP) is 5.57. The monoisotopic (exact) mass is 494 g/mol. The van der Waals surface area contributed by atoms with Gasteiger partial charge in [-0.3, -0.25) is 0 Å². The number of fused-ring (bicyclic) bond motifs is 1. The van der Waals surface area contributed by atoms with E-state index in [9.17, 15) is 0 Å². The average molecular weight is 495 g/mol. The molecule has 0 fully saturated rings. The molecule has 2 aromatic heterocycles. The van der Waals surface area contributed by atoms with Crippen LogP contribution in [0.5, 0.6) is 0 Å². The third-order valence-corrected chi connectivity index (χ3v) is 6.02. The zero-order valence-corrected chi connectivity index (χ0v) is 20.8. The van der Waals surface area contributed by atoms with Crippen LogP contribution in [0, 0.1) is 22.7 Å². The summed E-state index contributed by atoms with van der Waals surface area (Å²) < 4.78 is 0. The van der Waals surface area contributed by atoms with Gasteiger partial charge in [0.1, 0.15) is 23.5 Å². The standard InChI is InChI=1S/C32H26N6/c33-21-27-19-25(15-17-37-27)31(35)13-3-1-7-23-9-5-12-30-24(10-6-11-29(23)30)8-2-4-14-32(36)26-16-18-38-28(20-26)22-34/h1-6,9-20H,7-8,35-36H2/b3-1-,4-2-,31-13-,32-14-. The van der Waals surface area contributed by atoms with Gasteiger partial charge in [0.15, 0.2) is 0 Å². The van der Waals surface area contributed by atoms with Crippen molar-refractivity contribution in [1.82, 2.24) is 9.97 Å². The van der Waals surface area contributed by atoms with Crippen LogP contribution in [-0.4, -0.2) is 9.97 Å². The Hall–Kier alpha value is -5.46. The molecule has 0 unspecified atom stereocenters. The van der Waals surface area contributed by atoms with E-state index in [-0.39, 0.29) is 0 Å². The molecular weight excluding hydrogens is 468 g/mol. The fourth-order valence-corrected chi connectivity index (χ4v) is 4.06. The molecule has 0 aliphatic rings. The Kier molecular flexibility index (Phi) is 8.42. The maximum Gasteiger partial charge on any atom is 0.141 e. The van der Waals surface area contributed by atoms with E-state index in [1.54, 1.807) is 36.7 Å². The number of pyridine rings is 2. The smallest absolute Gasteiger partial charge is 0.141 e. The summed E-state index contributed by atoms with van der Waals surface area (Å²) >= 11 is 0. The number of benzene rings is 2. The van der Waals surface area contributed by atoms with Crippen molar-refractivity contribution in [3.05, 3.63) is 143 Å². The quantitative estimate of drug-likeness (QED) is 0.308. The number of nitrogens with two attached hydrogens (primary N) is 2. The van der Waals surface area contributed by atoms with Crippen LogP contribution in [-0.2, 0) is 12.8 Å². The van der Waals surface area contributed by atoms with E-state index < -0.39 is 0 Å². The Morgan fingerprint density at radius 1 is 0.684 bits per heavy atom. The zero-order valence-electron chi connectivity index (χ0n) is 20.8. The number of hydrogen-bond donors (Lipinski definition) is 2. The van der Waals surface area contributed by atoms with Gasteiger partial charge >= 0.3 is 0 Å². The van der Waals surface area contributed by atoms with Crippen LogP contribution in [0.4, 0.5) is 0 Å². The molecule has 2 aromatic carbocycles. The number of nitriles is 2. The first kappa shape index (κ1) is 25.6. The van der Waals surface area contributed by atoms with Crippen molar-refractivity contribution >= 4 is 22.2 Å². The highest BCUT2D eigenvalue weighted by Gasteiger charge is 2.04. The number of aromatic nitrogens is 2. The molecule has 0 aliphatic heterocycles. The summed E-state index contributed by atoms with van der Waals surface area (Å²) in [5.41, 5.74) is 18.2. The van der Waals surface area contributed by atoms with Crippen molar-refractivity contribution in [1.29, 1.82) is 10.5 Å². The topological polar surface area (TPSA) is 125 Å². The average Bonchev–Trinajstić information content (AvgIpc) is 2.97. The van der Waals surface area contributed by atoms with E-state index in [1.165, 1.54) is 21.9 Å². The lowest BCUT2D eigenvalue weighted by atomic mass is 9.96. The third kappa shape index (κ3) is 6.40. The van der Waals surface area contributed by atoms with Gasteiger partial charge in [-0.2, -0.15) is 10.5 Å². The predicted molar refractivity (Wildman–Crippen MR) is 152 cm³/mol. The molecule has 0 amide bonds. The van der Waals surface area contributed by atoms with E-state index in [1.807, 2.05) is 36.4 Å². The Balaban J connectivity index is 1.45. The minimum atomic E-state index is 0.339. The van der Waals surface area contributed by atoms with Crippen molar-refractivity contribution in [2.75, 3.05) is 0 Å². The zero-order chi connectivity index (χ0) is 26.7. The second-order valence-corrected chi connectivity index (χ2v) is 8.52. The molecule has 38 heavy (non-hydrogen) atoms. The summed E-state index contributed by atoms with van der Waals surface area (Å²) in [4.78, 5) is 7.95. The summed E-state index contributed by atoms with van der Waals surface area (Å²) in [7, 11) is 0. The maximum absolute atomic E-state index is 9.02. The van der Waals surface area contributed by atoms with Crippen molar-refractivity contribution in [2.45, 2.75) is 12.8 Å². The van der Waals surface area contributed by atoms with Gasteiger partial charge in [-0.25, -0.2) is 9.97 Å². The van der Waals surface area contributed by atoms with Crippen LogP contribution in [0.1, 0.15) is 33.6 Å². The first-order chi connectivity index (χ1) is 18.6. The molecule has 0 atom stereocenters. The lowest BCUT2D eigenvalue weighted by Crippen LogP contribution is -1.97. The Morgan fingerprint density at radius 2 is 1.13 bits per heavy atom. The maximum atomic E-state index is 9.02. The third-order valence-electron chi connectivity index (χ3n) is 6.02. The van der Waals surface area contributed by atoms with Crippen molar-refractivity contribution in [3.8, 4) is 12.1 Å². The first-order valence-corrected chi connectivity index (χ1v) is 12.1. The van der Waals surface area contributed by atoms with Gasteiger partial charge in [-0.15, -0.1) is 0 Å². The van der Waals surface area contributed by atoms with Crippen LogP contribution in [0.15, 0.2) is 110 Å². The number of nitrogens with zero attached hydrogens (tertiary/aromatic N) is 4. The lowest BCUT2D eigenvalue weighted by molar-refractivity contribution is 1.25. The minimum Gasteiger partial charge on any atom is -0.398 e. The molecule has 0 radical (unpaired) electrons. The highest BCUT2D eigenvalue weighted by Crippen LogP contribution is 2.24. The normalized spacial score (nSPS) is 12.2. The molecule has 4 aromatic rings. The molecule has 0 aliphatic carbocycles. The highest BCUT2D eigenvalue weighted by molar-refractivity contribution is 5.89. The van der Waals surface area contributed by atoms with E-state index >= 15 is 0 Å². The fourth-order valence-electron chi connectivity index (χ4n) is 4.06. The summed E-state index contributed by atoms with van der Waals surface area (Å²) in [6.45, 7) is 0. The first-order valence-electron chi connectivity index (χ1n) is 12.1. The Bertz CT molecular complexity index is 1540. The van der Waals surface area contributed by atoms with E-state index in [4.69, 9.17) is 22.0 Å². The Morgan fingerprint density at radius 3 is 1.55 bits per heavy atom. The van der Waals surface area contributed by atoms with Crippen LogP contribution >= 0.6 is 0 Å². The fraction of sp³-hybridized carbons (Fsp3) is 0.0625. The Labute approximate surface area is 222 Å². The van der Waals surface area contributed by atoms with Gasteiger partial charge in [0.25, 0.3) is 0 Å². The second kappa shape index (κ2) is 12.5. The van der Waals surface area contributed by atoms with Gasteiger partial charge in [0.2, 0.25) is 0 Å². The van der Waals surface area contributed by atoms with Crippen LogP contribution in [0.2, 0.25) is 0 Å².